The van der Waals surface area contributed by atoms with Crippen molar-refractivity contribution in [1.29, 1.82) is 0 Å². The summed E-state index contributed by atoms with van der Waals surface area (Å²) < 4.78 is 0. The number of benzene rings is 2. The number of nitrogens with one attached hydrogen (secondary N) is 1. The molecule has 0 fully saturated rings. The predicted octanol–water partition coefficient (Wildman–Crippen LogP) is 3.55. The van der Waals surface area contributed by atoms with Crippen molar-refractivity contribution in [3.63, 3.8) is 0 Å². The lowest BCUT2D eigenvalue weighted by Gasteiger charge is -2.08. The van der Waals surface area contributed by atoms with Gasteiger partial charge in [-0.1, -0.05) is 54.1 Å². The lowest BCUT2D eigenvalue weighted by molar-refractivity contribution is 0.678. The molecule has 4 nitrogen and oxygen atoms in total. The summed E-state index contributed by atoms with van der Waals surface area (Å²) in [5.74, 6) is 0.681. The van der Waals surface area contributed by atoms with E-state index in [2.05, 4.69) is 9.97 Å². The Labute approximate surface area is 134 Å². The van der Waals surface area contributed by atoms with Gasteiger partial charge in [-0.15, -0.1) is 0 Å². The molecule has 3 aromatic rings. The highest BCUT2D eigenvalue weighted by atomic mass is 35.5. The number of rotatable bonds is 4. The number of nitrogens with zero attached hydrogens (tertiary/aromatic N) is 1. The summed E-state index contributed by atoms with van der Waals surface area (Å²) in [5, 5.41) is 0.489. The fourth-order valence-corrected chi connectivity index (χ4v) is 2.59. The largest absolute Gasteiger partial charge is 0.399 e. The first-order valence-corrected chi connectivity index (χ1v) is 7.42. The minimum Gasteiger partial charge on any atom is -0.399 e. The number of aromatic nitrogens is 2. The van der Waals surface area contributed by atoms with E-state index < -0.39 is 0 Å². The molecule has 1 aromatic heterocycles. The molecular weight excluding hydrogens is 296 g/mol. The summed E-state index contributed by atoms with van der Waals surface area (Å²) in [6.07, 6.45) is 0.700. The molecule has 0 amide bonds. The molecule has 0 spiro atoms. The maximum atomic E-state index is 6.26. The first kappa shape index (κ1) is 14.6. The SMILES string of the molecule is Nc1ccc(-c2nc([C@@H](N)Cc3ccccc3)[nH]c2Cl)cc1. The quantitative estimate of drug-likeness (QED) is 0.644. The fraction of sp³-hybridized carbons (Fsp3) is 0.118. The van der Waals surface area contributed by atoms with E-state index >= 15 is 0 Å². The first-order valence-electron chi connectivity index (χ1n) is 7.04. The van der Waals surface area contributed by atoms with Crippen molar-refractivity contribution in [3.05, 3.63) is 71.1 Å². The minimum atomic E-state index is -0.234. The Balaban J connectivity index is 1.84. The van der Waals surface area contributed by atoms with E-state index in [0.717, 1.165) is 11.1 Å². The number of aromatic amines is 1. The molecule has 0 bridgehead atoms. The Morgan fingerprint density at radius 3 is 2.41 bits per heavy atom. The standard InChI is InChI=1S/C17H17ClN4/c18-16-15(12-6-8-13(19)9-7-12)21-17(22-16)14(20)10-11-4-2-1-3-5-11/h1-9,14H,10,19-20H2,(H,21,22)/t14-/m0/s1. The number of imidazole rings is 1. The van der Waals surface area contributed by atoms with Crippen molar-refractivity contribution in [2.75, 3.05) is 5.73 Å². The van der Waals surface area contributed by atoms with Gasteiger partial charge >= 0.3 is 0 Å². The van der Waals surface area contributed by atoms with Crippen LogP contribution in [-0.2, 0) is 6.42 Å². The van der Waals surface area contributed by atoms with E-state index in [1.54, 1.807) is 0 Å². The second-order valence-corrected chi connectivity index (χ2v) is 5.58. The molecule has 0 aliphatic rings. The molecule has 1 heterocycles. The molecule has 22 heavy (non-hydrogen) atoms. The van der Waals surface area contributed by atoms with Crippen molar-refractivity contribution in [2.45, 2.75) is 12.5 Å². The van der Waals surface area contributed by atoms with Gasteiger partial charge < -0.3 is 16.5 Å². The maximum Gasteiger partial charge on any atom is 0.134 e. The number of hydrogen-bond donors (Lipinski definition) is 3. The molecule has 0 aliphatic carbocycles. The van der Waals surface area contributed by atoms with E-state index in [9.17, 15) is 0 Å². The average molecular weight is 313 g/mol. The van der Waals surface area contributed by atoms with Crippen LogP contribution >= 0.6 is 11.6 Å². The Morgan fingerprint density at radius 1 is 1.05 bits per heavy atom. The minimum absolute atomic E-state index is 0.234. The second kappa shape index (κ2) is 6.22. The van der Waals surface area contributed by atoms with E-state index in [-0.39, 0.29) is 6.04 Å². The van der Waals surface area contributed by atoms with Crippen LogP contribution in [0.2, 0.25) is 5.15 Å². The van der Waals surface area contributed by atoms with Crippen LogP contribution in [0.15, 0.2) is 54.6 Å². The van der Waals surface area contributed by atoms with E-state index in [0.29, 0.717) is 28.8 Å². The molecule has 5 heteroatoms. The lowest BCUT2D eigenvalue weighted by Crippen LogP contribution is -2.15. The lowest BCUT2D eigenvalue weighted by atomic mass is 10.1. The van der Waals surface area contributed by atoms with Gasteiger partial charge in [-0.3, -0.25) is 0 Å². The highest BCUT2D eigenvalue weighted by Crippen LogP contribution is 2.28. The molecule has 2 aromatic carbocycles. The van der Waals surface area contributed by atoms with E-state index in [1.807, 2.05) is 54.6 Å². The number of hydrogen-bond acceptors (Lipinski definition) is 3. The van der Waals surface area contributed by atoms with Crippen LogP contribution in [0.3, 0.4) is 0 Å². The fourth-order valence-electron chi connectivity index (χ4n) is 2.34. The Kier molecular flexibility index (Phi) is 4.13. The maximum absolute atomic E-state index is 6.26. The van der Waals surface area contributed by atoms with Crippen molar-refractivity contribution in [1.82, 2.24) is 9.97 Å². The van der Waals surface area contributed by atoms with Crippen LogP contribution in [0, 0.1) is 0 Å². The molecule has 0 saturated heterocycles. The zero-order valence-electron chi connectivity index (χ0n) is 12.0. The Morgan fingerprint density at radius 2 is 1.73 bits per heavy atom. The van der Waals surface area contributed by atoms with Gasteiger partial charge in [0.15, 0.2) is 0 Å². The molecule has 0 saturated carbocycles. The van der Waals surface area contributed by atoms with Crippen molar-refractivity contribution >= 4 is 17.3 Å². The number of H-pyrrole nitrogens is 1. The van der Waals surface area contributed by atoms with Crippen molar-refractivity contribution in [3.8, 4) is 11.3 Å². The van der Waals surface area contributed by atoms with Gasteiger partial charge in [0.05, 0.1) is 6.04 Å². The topological polar surface area (TPSA) is 80.7 Å². The van der Waals surface area contributed by atoms with E-state index in [4.69, 9.17) is 23.1 Å². The van der Waals surface area contributed by atoms with Crippen LogP contribution < -0.4 is 11.5 Å². The van der Waals surface area contributed by atoms with Crippen LogP contribution in [-0.4, -0.2) is 9.97 Å². The van der Waals surface area contributed by atoms with Gasteiger partial charge in [0.2, 0.25) is 0 Å². The number of anilines is 1. The summed E-state index contributed by atoms with van der Waals surface area (Å²) in [4.78, 5) is 7.63. The summed E-state index contributed by atoms with van der Waals surface area (Å²) >= 11 is 6.26. The highest BCUT2D eigenvalue weighted by Gasteiger charge is 2.16. The summed E-state index contributed by atoms with van der Waals surface area (Å²) in [6.45, 7) is 0. The van der Waals surface area contributed by atoms with Gasteiger partial charge in [0, 0.05) is 11.3 Å². The third-order valence-corrected chi connectivity index (χ3v) is 3.79. The summed E-state index contributed by atoms with van der Waals surface area (Å²) in [7, 11) is 0. The van der Waals surface area contributed by atoms with Crippen molar-refractivity contribution in [2.24, 2.45) is 5.73 Å². The van der Waals surface area contributed by atoms with Gasteiger partial charge in [0.1, 0.15) is 16.7 Å². The summed E-state index contributed by atoms with van der Waals surface area (Å²) in [5.41, 5.74) is 15.4. The molecule has 0 unspecified atom stereocenters. The highest BCUT2D eigenvalue weighted by molar-refractivity contribution is 6.31. The molecule has 0 aliphatic heterocycles. The normalized spacial score (nSPS) is 12.3. The second-order valence-electron chi connectivity index (χ2n) is 5.20. The van der Waals surface area contributed by atoms with Crippen LogP contribution in [0.1, 0.15) is 17.4 Å². The van der Waals surface area contributed by atoms with Gasteiger partial charge in [-0.25, -0.2) is 4.98 Å². The Bertz CT molecular complexity index is 750. The molecule has 0 radical (unpaired) electrons. The molecular formula is C17H17ClN4. The zero-order chi connectivity index (χ0) is 15.5. The number of nitrogens with two attached hydrogens (primary N) is 2. The summed E-state index contributed by atoms with van der Waals surface area (Å²) in [6, 6.07) is 17.3. The van der Waals surface area contributed by atoms with Crippen molar-refractivity contribution < 1.29 is 0 Å². The molecule has 3 rings (SSSR count). The molecule has 5 N–H and O–H groups in total. The van der Waals surface area contributed by atoms with Gasteiger partial charge in [-0.2, -0.15) is 0 Å². The third kappa shape index (κ3) is 3.13. The number of nitrogen functional groups attached to an aromatic ring is 1. The Hall–Kier alpha value is -2.30. The van der Waals surface area contributed by atoms with Crippen LogP contribution in [0.25, 0.3) is 11.3 Å². The molecule has 112 valence electrons. The molecule has 1 atom stereocenters. The van der Waals surface area contributed by atoms with Crippen LogP contribution in [0.5, 0.6) is 0 Å². The van der Waals surface area contributed by atoms with Gasteiger partial charge in [0.25, 0.3) is 0 Å². The van der Waals surface area contributed by atoms with Gasteiger partial charge in [-0.05, 0) is 24.1 Å². The smallest absolute Gasteiger partial charge is 0.134 e. The first-order chi connectivity index (χ1) is 10.6. The predicted molar refractivity (Wildman–Crippen MR) is 90.5 cm³/mol. The monoisotopic (exact) mass is 312 g/mol. The zero-order valence-corrected chi connectivity index (χ0v) is 12.7. The average Bonchev–Trinajstić information content (AvgIpc) is 2.91. The van der Waals surface area contributed by atoms with Crippen LogP contribution in [0.4, 0.5) is 5.69 Å². The number of halogens is 1. The third-order valence-electron chi connectivity index (χ3n) is 3.51. The van der Waals surface area contributed by atoms with E-state index in [1.165, 1.54) is 0 Å².